The normalized spacial score (nSPS) is 25.8. The fourth-order valence-corrected chi connectivity index (χ4v) is 4.90. The maximum atomic E-state index is 13.1. The molecule has 2 unspecified atom stereocenters. The summed E-state index contributed by atoms with van der Waals surface area (Å²) in [6.45, 7) is 4.05. The molecule has 3 rings (SSSR count). The quantitative estimate of drug-likeness (QED) is 0.433. The molecule has 1 aliphatic rings. The largest absolute Gasteiger partial charge is 0.459 e. The summed E-state index contributed by atoms with van der Waals surface area (Å²) in [4.78, 5) is 13.1. The van der Waals surface area contributed by atoms with Crippen molar-refractivity contribution in [3.63, 3.8) is 0 Å². The van der Waals surface area contributed by atoms with Crippen LogP contribution in [0.25, 0.3) is 0 Å². The number of benzene rings is 2. The number of rotatable bonds is 11. The Morgan fingerprint density at radius 3 is 2.15 bits per heavy atom. The molecule has 2 aromatic rings. The number of hydrogen-bond donors (Lipinski definition) is 3. The van der Waals surface area contributed by atoms with E-state index in [2.05, 4.69) is 0 Å². The second-order valence-corrected chi connectivity index (χ2v) is 9.36. The van der Waals surface area contributed by atoms with E-state index in [1.165, 1.54) is 0 Å². The third-order valence-electron chi connectivity index (χ3n) is 6.60. The number of ether oxygens (including phenoxy) is 2. The van der Waals surface area contributed by atoms with E-state index in [9.17, 15) is 20.1 Å². The van der Waals surface area contributed by atoms with Crippen LogP contribution in [-0.4, -0.2) is 51.5 Å². The topological polar surface area (TPSA) is 96.2 Å². The summed E-state index contributed by atoms with van der Waals surface area (Å²) in [6, 6.07) is 18.8. The van der Waals surface area contributed by atoms with E-state index >= 15 is 0 Å². The first-order valence-corrected chi connectivity index (χ1v) is 12.4. The number of carbonyl (C=O) groups is 1. The van der Waals surface area contributed by atoms with Crippen molar-refractivity contribution in [3.05, 3.63) is 71.8 Å². The van der Waals surface area contributed by atoms with Gasteiger partial charge in [0.1, 0.15) is 17.8 Å². The average Bonchev–Trinajstić information content (AvgIpc) is 2.82. The number of hydrogen-bond acceptors (Lipinski definition) is 6. The van der Waals surface area contributed by atoms with Gasteiger partial charge in [0.25, 0.3) is 0 Å². The SMILES string of the molecule is CCCC(CCC)C(=O)O[C@@H]1CC(O)O[C@H](C(O)Cc2ccccc2)[C@]1(O)Cc1ccccc1. The maximum Gasteiger partial charge on any atom is 0.309 e. The van der Waals surface area contributed by atoms with E-state index in [0.29, 0.717) is 12.8 Å². The zero-order valence-corrected chi connectivity index (χ0v) is 20.2. The van der Waals surface area contributed by atoms with E-state index in [4.69, 9.17) is 9.47 Å². The molecule has 6 nitrogen and oxygen atoms in total. The number of aliphatic hydroxyl groups is 3. The lowest BCUT2D eigenvalue weighted by Gasteiger charge is -2.48. The molecule has 1 aliphatic heterocycles. The molecule has 1 fully saturated rings. The van der Waals surface area contributed by atoms with Crippen LogP contribution in [0, 0.1) is 5.92 Å². The lowest BCUT2D eigenvalue weighted by Crippen LogP contribution is -2.65. The predicted octanol–water partition coefficient (Wildman–Crippen LogP) is 3.80. The van der Waals surface area contributed by atoms with E-state index in [1.54, 1.807) is 0 Å². The summed E-state index contributed by atoms with van der Waals surface area (Å²) in [5.74, 6) is -0.630. The molecule has 1 saturated heterocycles. The molecule has 0 spiro atoms. The van der Waals surface area contributed by atoms with Crippen LogP contribution >= 0.6 is 0 Å². The van der Waals surface area contributed by atoms with Crippen molar-refractivity contribution in [3.8, 4) is 0 Å². The minimum atomic E-state index is -1.71. The van der Waals surface area contributed by atoms with Crippen molar-refractivity contribution in [2.45, 2.75) is 89.0 Å². The zero-order chi connectivity index (χ0) is 24.6. The van der Waals surface area contributed by atoms with Crippen LogP contribution in [-0.2, 0) is 27.1 Å². The van der Waals surface area contributed by atoms with Crippen molar-refractivity contribution in [1.82, 2.24) is 0 Å². The van der Waals surface area contributed by atoms with Gasteiger partial charge in [-0.3, -0.25) is 4.79 Å². The van der Waals surface area contributed by atoms with E-state index in [0.717, 1.165) is 24.0 Å². The molecular formula is C28H38O6. The first-order chi connectivity index (χ1) is 16.4. The lowest BCUT2D eigenvalue weighted by molar-refractivity contribution is -0.296. The number of carbonyl (C=O) groups excluding carboxylic acids is 1. The van der Waals surface area contributed by atoms with Crippen LogP contribution in [0.15, 0.2) is 60.7 Å². The summed E-state index contributed by atoms with van der Waals surface area (Å²) in [5, 5.41) is 33.7. The predicted molar refractivity (Wildman–Crippen MR) is 130 cm³/mol. The molecule has 0 radical (unpaired) electrons. The van der Waals surface area contributed by atoms with Gasteiger partial charge < -0.3 is 24.8 Å². The van der Waals surface area contributed by atoms with E-state index in [-0.39, 0.29) is 31.1 Å². The third kappa shape index (κ3) is 6.66. The van der Waals surface area contributed by atoms with Gasteiger partial charge in [-0.15, -0.1) is 0 Å². The molecular weight excluding hydrogens is 432 g/mol. The molecule has 3 N–H and O–H groups in total. The van der Waals surface area contributed by atoms with Gasteiger partial charge >= 0.3 is 5.97 Å². The summed E-state index contributed by atoms with van der Waals surface area (Å²) in [5.41, 5.74) is -0.0187. The van der Waals surface area contributed by atoms with Crippen molar-refractivity contribution in [2.24, 2.45) is 5.92 Å². The monoisotopic (exact) mass is 470 g/mol. The fourth-order valence-electron chi connectivity index (χ4n) is 4.90. The van der Waals surface area contributed by atoms with Crippen LogP contribution in [0.2, 0.25) is 0 Å². The fraction of sp³-hybridized carbons (Fsp3) is 0.536. The average molecular weight is 471 g/mol. The smallest absolute Gasteiger partial charge is 0.309 e. The Labute approximate surface area is 202 Å². The standard InChI is InChI=1S/C28H38O6/c1-3-11-22(12-4-2)27(31)33-24-18-25(30)34-26(23(29)17-20-13-7-5-8-14-20)28(24,32)19-21-15-9-6-10-16-21/h5-10,13-16,22-26,29-30,32H,3-4,11-12,17-19H2,1-2H3/t23?,24-,25?,26-,28+/m1/s1. The summed E-state index contributed by atoms with van der Waals surface area (Å²) in [6.07, 6.45) is -1.16. The van der Waals surface area contributed by atoms with Gasteiger partial charge in [0, 0.05) is 19.3 Å². The summed E-state index contributed by atoms with van der Waals surface area (Å²) >= 11 is 0. The first kappa shape index (κ1) is 26.4. The second-order valence-electron chi connectivity index (χ2n) is 9.36. The summed E-state index contributed by atoms with van der Waals surface area (Å²) in [7, 11) is 0. The van der Waals surface area contributed by atoms with Gasteiger partial charge in [-0.1, -0.05) is 87.4 Å². The highest BCUT2D eigenvalue weighted by atomic mass is 16.6. The van der Waals surface area contributed by atoms with Crippen LogP contribution in [0.4, 0.5) is 0 Å². The molecule has 6 heteroatoms. The third-order valence-corrected chi connectivity index (χ3v) is 6.60. The molecule has 0 bridgehead atoms. The molecule has 1 heterocycles. The Balaban J connectivity index is 1.90. The number of esters is 1. The Morgan fingerprint density at radius 1 is 1.03 bits per heavy atom. The second kappa shape index (κ2) is 12.5. The van der Waals surface area contributed by atoms with Crippen LogP contribution in [0.1, 0.15) is 57.1 Å². The van der Waals surface area contributed by atoms with Crippen molar-refractivity contribution < 1.29 is 29.6 Å². The van der Waals surface area contributed by atoms with Crippen LogP contribution < -0.4 is 0 Å². The van der Waals surface area contributed by atoms with Gasteiger partial charge in [0.15, 0.2) is 6.29 Å². The van der Waals surface area contributed by atoms with Crippen LogP contribution in [0.5, 0.6) is 0 Å². The molecule has 0 amide bonds. The molecule has 0 aliphatic carbocycles. The van der Waals surface area contributed by atoms with Gasteiger partial charge in [-0.05, 0) is 24.0 Å². The highest BCUT2D eigenvalue weighted by Crippen LogP contribution is 2.37. The molecule has 2 aromatic carbocycles. The van der Waals surface area contributed by atoms with E-state index in [1.807, 2.05) is 74.5 Å². The van der Waals surface area contributed by atoms with Gasteiger partial charge in [-0.2, -0.15) is 0 Å². The Hall–Kier alpha value is -2.25. The van der Waals surface area contributed by atoms with Gasteiger partial charge in [-0.25, -0.2) is 0 Å². The van der Waals surface area contributed by atoms with Gasteiger partial charge in [0.05, 0.1) is 12.0 Å². The van der Waals surface area contributed by atoms with E-state index < -0.39 is 30.2 Å². The molecule has 186 valence electrons. The minimum absolute atomic E-state index is 0.0609. The minimum Gasteiger partial charge on any atom is -0.459 e. The van der Waals surface area contributed by atoms with Crippen molar-refractivity contribution in [2.75, 3.05) is 0 Å². The summed E-state index contributed by atoms with van der Waals surface area (Å²) < 4.78 is 11.6. The van der Waals surface area contributed by atoms with Gasteiger partial charge in [0.2, 0.25) is 0 Å². The Bertz CT molecular complexity index is 867. The first-order valence-electron chi connectivity index (χ1n) is 12.4. The molecule has 5 atom stereocenters. The highest BCUT2D eigenvalue weighted by Gasteiger charge is 2.55. The highest BCUT2D eigenvalue weighted by molar-refractivity contribution is 5.72. The lowest BCUT2D eigenvalue weighted by atomic mass is 9.77. The molecule has 0 saturated carbocycles. The maximum absolute atomic E-state index is 13.1. The Morgan fingerprint density at radius 2 is 1.59 bits per heavy atom. The molecule has 34 heavy (non-hydrogen) atoms. The Kier molecular flexibility index (Phi) is 9.65. The zero-order valence-electron chi connectivity index (χ0n) is 20.2. The van der Waals surface area contributed by atoms with Crippen molar-refractivity contribution >= 4 is 5.97 Å². The van der Waals surface area contributed by atoms with Crippen LogP contribution in [0.3, 0.4) is 0 Å². The van der Waals surface area contributed by atoms with Crippen molar-refractivity contribution in [1.29, 1.82) is 0 Å². The number of aliphatic hydroxyl groups excluding tert-OH is 2. The molecule has 0 aromatic heterocycles.